The van der Waals surface area contributed by atoms with Gasteiger partial charge in [-0.15, -0.1) is 0 Å². The molecule has 4 N–H and O–H groups in total. The lowest BCUT2D eigenvalue weighted by Gasteiger charge is -2.28. The number of hydrogen-bond donors (Lipinski definition) is 4. The van der Waals surface area contributed by atoms with E-state index in [-0.39, 0.29) is 16.7 Å². The smallest absolute Gasteiger partial charge is 0.537 e. The van der Waals surface area contributed by atoms with Gasteiger partial charge in [-0.25, -0.2) is 0 Å². The summed E-state index contributed by atoms with van der Waals surface area (Å²) in [5.41, 5.74) is 12.1. The van der Waals surface area contributed by atoms with Crippen LogP contribution in [0.1, 0.15) is 81.7 Å². The van der Waals surface area contributed by atoms with E-state index in [1.165, 1.54) is 11.1 Å². The van der Waals surface area contributed by atoms with Crippen molar-refractivity contribution < 1.29 is 33.8 Å². The molecule has 1 aliphatic carbocycles. The van der Waals surface area contributed by atoms with Crippen molar-refractivity contribution in [2.24, 2.45) is 0 Å². The van der Waals surface area contributed by atoms with Crippen LogP contribution >= 0.6 is 0 Å². The molecule has 5 aromatic rings. The maximum absolute atomic E-state index is 12.1. The normalized spacial score (nSPS) is 17.2. The average Bonchev–Trinajstić information content (AvgIpc) is 3.66. The van der Waals surface area contributed by atoms with Crippen LogP contribution in [0.2, 0.25) is 0 Å². The molecule has 0 saturated heterocycles. The second-order valence-electron chi connectivity index (χ2n) is 18.6. The molecule has 2 aliphatic heterocycles. The highest BCUT2D eigenvalue weighted by Crippen LogP contribution is 2.49. The molecule has 0 saturated carbocycles. The first kappa shape index (κ1) is 46.9. The molecule has 0 fully saturated rings. The fourth-order valence-electron chi connectivity index (χ4n) is 9.72. The van der Waals surface area contributed by atoms with Crippen LogP contribution in [0.3, 0.4) is 0 Å². The molecular formula is C56H59B2N3O6+. The van der Waals surface area contributed by atoms with E-state index in [0.29, 0.717) is 48.6 Å². The van der Waals surface area contributed by atoms with Gasteiger partial charge in [-0.2, -0.15) is 4.58 Å². The van der Waals surface area contributed by atoms with Crippen molar-refractivity contribution in [3.63, 3.8) is 0 Å². The number of ether oxygens (including phenoxy) is 1. The fraction of sp³-hybridized carbons (Fsp3) is 0.250. The molecular weight excluding hydrogens is 832 g/mol. The van der Waals surface area contributed by atoms with Crippen molar-refractivity contribution in [1.29, 1.82) is 0 Å². The van der Waals surface area contributed by atoms with Gasteiger partial charge >= 0.3 is 14.8 Å². The minimum Gasteiger partial charge on any atom is -0.537 e. The van der Waals surface area contributed by atoms with Crippen LogP contribution in [0.5, 0.6) is 11.5 Å². The standard InChI is InChI=1S/C56H58B2N3O6/c1-38(2)54(62)59-35-34-39-26-30-44(31-27-39)66-53-40(28-32-51-55(3,4)45-20-9-12-23-48(45)60(51)36-42-16-7-11-22-47(42)58(64)65)18-15-19-41(53)29-33-52-56(5,6)46-21-10-13-24-49(46)61(52)37-43-17-8-14-25-50(43)67-57-63/h7-14,16-17,20-33,63-65H,1,15,18-19,34-37H2,2-6H3/p+1. The van der Waals surface area contributed by atoms with Crippen molar-refractivity contribution in [3.8, 4) is 11.5 Å². The highest BCUT2D eigenvalue weighted by Gasteiger charge is 2.45. The molecule has 0 bridgehead atoms. The van der Waals surface area contributed by atoms with E-state index < -0.39 is 7.12 Å². The largest absolute Gasteiger partial charge is 0.569 e. The van der Waals surface area contributed by atoms with Crippen LogP contribution in [0, 0.1) is 0 Å². The number of anilines is 1. The SMILES string of the molecule is C=C(C)C(=O)NCCc1ccc(OC2=C(/C=C/C3=[N+](Cc4ccccc4O[B]O)c4ccccc4C3(C)C)CCC/C2=C\C=C2\N(Cc3ccccc3B(O)O)c3ccccc3C2(C)C)cc1. The van der Waals surface area contributed by atoms with Crippen molar-refractivity contribution in [1.82, 2.24) is 5.32 Å². The molecule has 5 aromatic carbocycles. The van der Waals surface area contributed by atoms with E-state index in [1.54, 1.807) is 13.0 Å². The van der Waals surface area contributed by atoms with E-state index in [0.717, 1.165) is 83.3 Å². The molecule has 339 valence electrons. The minimum absolute atomic E-state index is 0.147. The molecule has 8 rings (SSSR count). The molecule has 67 heavy (non-hydrogen) atoms. The van der Waals surface area contributed by atoms with Gasteiger partial charge in [0.25, 0.3) is 0 Å². The zero-order valence-corrected chi connectivity index (χ0v) is 39.1. The van der Waals surface area contributed by atoms with Crippen LogP contribution in [-0.2, 0) is 35.1 Å². The third-order valence-electron chi connectivity index (χ3n) is 13.3. The monoisotopic (exact) mass is 891 g/mol. The molecule has 1 radical (unpaired) electrons. The van der Waals surface area contributed by atoms with E-state index in [2.05, 4.69) is 122 Å². The molecule has 0 aromatic heterocycles. The van der Waals surface area contributed by atoms with E-state index in [4.69, 9.17) is 9.39 Å². The minimum atomic E-state index is -1.59. The zero-order chi connectivity index (χ0) is 47.3. The lowest BCUT2D eigenvalue weighted by atomic mass is 9.77. The van der Waals surface area contributed by atoms with Gasteiger partial charge in [-0.3, -0.25) is 4.79 Å². The molecule has 0 spiro atoms. The fourth-order valence-corrected chi connectivity index (χ4v) is 9.72. The van der Waals surface area contributed by atoms with Crippen molar-refractivity contribution in [2.75, 3.05) is 11.4 Å². The van der Waals surface area contributed by atoms with Crippen LogP contribution in [0.4, 0.5) is 11.4 Å². The Balaban J connectivity index is 1.21. The Bertz CT molecular complexity index is 2840. The van der Waals surface area contributed by atoms with E-state index in [1.807, 2.05) is 66.7 Å². The summed E-state index contributed by atoms with van der Waals surface area (Å²) in [7, 11) is -0.858. The quantitative estimate of drug-likeness (QED) is 0.0445. The summed E-state index contributed by atoms with van der Waals surface area (Å²) in [6.07, 6.45) is 12.1. The van der Waals surface area contributed by atoms with Gasteiger partial charge in [0.05, 0.1) is 11.0 Å². The summed E-state index contributed by atoms with van der Waals surface area (Å²) in [4.78, 5) is 14.4. The number of carbonyl (C=O) groups excluding carboxylic acids is 1. The Morgan fingerprint density at radius 3 is 2.27 bits per heavy atom. The number of fused-ring (bicyclic) bond motifs is 2. The average molecular weight is 892 g/mol. The van der Waals surface area contributed by atoms with Crippen LogP contribution < -0.4 is 25.1 Å². The molecule has 2 heterocycles. The molecule has 0 unspecified atom stereocenters. The topological polar surface area (TPSA) is 114 Å². The summed E-state index contributed by atoms with van der Waals surface area (Å²) < 4.78 is 14.9. The predicted molar refractivity (Wildman–Crippen MR) is 270 cm³/mol. The highest BCUT2D eigenvalue weighted by molar-refractivity contribution is 6.59. The molecule has 3 aliphatic rings. The Morgan fingerprint density at radius 2 is 1.52 bits per heavy atom. The third-order valence-corrected chi connectivity index (χ3v) is 13.3. The summed E-state index contributed by atoms with van der Waals surface area (Å²) in [5.74, 6) is 1.97. The van der Waals surface area contributed by atoms with Crippen LogP contribution in [0.25, 0.3) is 0 Å². The predicted octanol–water partition coefficient (Wildman–Crippen LogP) is 8.96. The summed E-state index contributed by atoms with van der Waals surface area (Å²) >= 11 is 0. The Kier molecular flexibility index (Phi) is 14.0. The number of para-hydroxylation sites is 3. The number of rotatable bonds is 16. The third kappa shape index (κ3) is 9.91. The van der Waals surface area contributed by atoms with Gasteiger partial charge in [-0.05, 0) is 122 Å². The molecule has 0 atom stereocenters. The Labute approximate surface area is 396 Å². The van der Waals surface area contributed by atoms with Crippen LogP contribution in [-0.4, -0.2) is 52.6 Å². The summed E-state index contributed by atoms with van der Waals surface area (Å²) in [6.45, 7) is 16.0. The maximum Gasteiger partial charge on any atom is 0.569 e. The lowest BCUT2D eigenvalue weighted by Crippen LogP contribution is -2.36. The number of hydrogen-bond acceptors (Lipinski definition) is 7. The van der Waals surface area contributed by atoms with Crippen molar-refractivity contribution in [2.45, 2.75) is 84.2 Å². The lowest BCUT2D eigenvalue weighted by molar-refractivity contribution is -0.455. The first-order valence-corrected chi connectivity index (χ1v) is 23.1. The second kappa shape index (κ2) is 20.1. The maximum atomic E-state index is 12.1. The zero-order valence-electron chi connectivity index (χ0n) is 39.1. The van der Waals surface area contributed by atoms with Gasteiger partial charge in [-0.1, -0.05) is 111 Å². The molecule has 1 amide bonds. The van der Waals surface area contributed by atoms with Gasteiger partial charge < -0.3 is 34.7 Å². The van der Waals surface area contributed by atoms with Crippen LogP contribution in [0.15, 0.2) is 180 Å². The summed E-state index contributed by atoms with van der Waals surface area (Å²) in [6, 6.07) is 40.3. The van der Waals surface area contributed by atoms with E-state index >= 15 is 0 Å². The van der Waals surface area contributed by atoms with Gasteiger partial charge in [0, 0.05) is 53.2 Å². The first-order chi connectivity index (χ1) is 32.3. The Hall–Kier alpha value is -6.65. The summed E-state index contributed by atoms with van der Waals surface area (Å²) in [5, 5.41) is 33.2. The van der Waals surface area contributed by atoms with Crippen molar-refractivity contribution in [3.05, 3.63) is 208 Å². The molecule has 9 nitrogen and oxygen atoms in total. The second-order valence-corrected chi connectivity index (χ2v) is 18.6. The van der Waals surface area contributed by atoms with E-state index in [9.17, 15) is 19.9 Å². The Morgan fingerprint density at radius 1 is 0.836 bits per heavy atom. The van der Waals surface area contributed by atoms with Gasteiger partial charge in [0.15, 0.2) is 12.3 Å². The van der Waals surface area contributed by atoms with Gasteiger partial charge in [0.1, 0.15) is 17.3 Å². The number of nitrogens with zero attached hydrogens (tertiary/aromatic N) is 2. The number of carbonyl (C=O) groups is 1. The molecule has 11 heteroatoms. The highest BCUT2D eigenvalue weighted by atomic mass is 16.5. The number of nitrogens with one attached hydrogen (secondary N) is 1. The van der Waals surface area contributed by atoms with Gasteiger partial charge in [0.2, 0.25) is 11.6 Å². The number of allylic oxidation sites excluding steroid dienone is 7. The number of amides is 1. The number of benzene rings is 5. The first-order valence-electron chi connectivity index (χ1n) is 23.1. The van der Waals surface area contributed by atoms with Crippen molar-refractivity contribution >= 4 is 43.3 Å².